The van der Waals surface area contributed by atoms with Crippen molar-refractivity contribution >= 4 is 35.0 Å². The number of amides is 2. The van der Waals surface area contributed by atoms with Crippen LogP contribution in [0.1, 0.15) is 22.7 Å². The SMILES string of the molecule is O=C(CCc1ncc(-c2ccc(Cl)cc2)o1)NCCNC(=O)c1ccccc1Cl. The summed E-state index contributed by atoms with van der Waals surface area (Å²) in [6, 6.07) is 14.0. The molecule has 3 rings (SSSR count). The van der Waals surface area contributed by atoms with Crippen LogP contribution in [-0.2, 0) is 11.2 Å². The predicted octanol–water partition coefficient (Wildman–Crippen LogP) is 4.13. The summed E-state index contributed by atoms with van der Waals surface area (Å²) in [5.41, 5.74) is 1.27. The molecule has 0 aliphatic carbocycles. The molecule has 2 amide bonds. The summed E-state index contributed by atoms with van der Waals surface area (Å²) in [7, 11) is 0. The van der Waals surface area contributed by atoms with Crippen LogP contribution < -0.4 is 10.6 Å². The minimum absolute atomic E-state index is 0.150. The van der Waals surface area contributed by atoms with E-state index in [0.29, 0.717) is 46.8 Å². The van der Waals surface area contributed by atoms with Crippen LogP contribution >= 0.6 is 23.2 Å². The van der Waals surface area contributed by atoms with Gasteiger partial charge < -0.3 is 15.1 Å². The summed E-state index contributed by atoms with van der Waals surface area (Å²) in [6.07, 6.45) is 2.24. The number of nitrogens with zero attached hydrogens (tertiary/aromatic N) is 1. The number of rotatable bonds is 8. The molecule has 0 aliphatic heterocycles. The Morgan fingerprint density at radius 2 is 1.69 bits per heavy atom. The second-order valence-corrected chi connectivity index (χ2v) is 7.05. The normalized spacial score (nSPS) is 10.6. The van der Waals surface area contributed by atoms with E-state index in [1.54, 1.807) is 42.6 Å². The molecule has 2 N–H and O–H groups in total. The van der Waals surface area contributed by atoms with E-state index in [2.05, 4.69) is 15.6 Å². The van der Waals surface area contributed by atoms with Crippen molar-refractivity contribution in [3.05, 3.63) is 76.2 Å². The maximum absolute atomic E-state index is 12.0. The van der Waals surface area contributed by atoms with Crippen molar-refractivity contribution in [1.29, 1.82) is 0 Å². The molecule has 1 aromatic heterocycles. The summed E-state index contributed by atoms with van der Waals surface area (Å²) in [5.74, 6) is 0.680. The van der Waals surface area contributed by atoms with E-state index in [4.69, 9.17) is 27.6 Å². The molecule has 0 aliphatic rings. The van der Waals surface area contributed by atoms with Gasteiger partial charge in [-0.25, -0.2) is 4.98 Å². The van der Waals surface area contributed by atoms with E-state index in [9.17, 15) is 9.59 Å². The highest BCUT2D eigenvalue weighted by atomic mass is 35.5. The number of carbonyl (C=O) groups excluding carboxylic acids is 2. The van der Waals surface area contributed by atoms with E-state index in [1.807, 2.05) is 12.1 Å². The first kappa shape index (κ1) is 20.9. The number of carbonyl (C=O) groups is 2. The summed E-state index contributed by atoms with van der Waals surface area (Å²) < 4.78 is 5.67. The first-order chi connectivity index (χ1) is 14.0. The van der Waals surface area contributed by atoms with Gasteiger partial charge in [0.15, 0.2) is 11.7 Å². The Labute approximate surface area is 178 Å². The molecule has 0 radical (unpaired) electrons. The second kappa shape index (κ2) is 10.1. The summed E-state index contributed by atoms with van der Waals surface area (Å²) in [4.78, 5) is 28.2. The molecule has 1 heterocycles. The van der Waals surface area contributed by atoms with Gasteiger partial charge >= 0.3 is 0 Å². The highest BCUT2D eigenvalue weighted by molar-refractivity contribution is 6.33. The molecule has 150 valence electrons. The fraction of sp³-hybridized carbons (Fsp3) is 0.190. The second-order valence-electron chi connectivity index (χ2n) is 6.21. The van der Waals surface area contributed by atoms with E-state index in [0.717, 1.165) is 5.56 Å². The van der Waals surface area contributed by atoms with Crippen molar-refractivity contribution in [3.63, 3.8) is 0 Å². The van der Waals surface area contributed by atoms with Crippen molar-refractivity contribution in [2.45, 2.75) is 12.8 Å². The molecule has 0 spiro atoms. The van der Waals surface area contributed by atoms with Crippen LogP contribution in [0.5, 0.6) is 0 Å². The van der Waals surface area contributed by atoms with Crippen molar-refractivity contribution in [1.82, 2.24) is 15.6 Å². The molecule has 6 nitrogen and oxygen atoms in total. The molecular formula is C21H19Cl2N3O3. The van der Waals surface area contributed by atoms with Gasteiger partial charge in [-0.15, -0.1) is 0 Å². The van der Waals surface area contributed by atoms with Crippen molar-refractivity contribution in [2.75, 3.05) is 13.1 Å². The number of oxazole rings is 1. The van der Waals surface area contributed by atoms with Crippen LogP contribution in [0, 0.1) is 0 Å². The van der Waals surface area contributed by atoms with Gasteiger partial charge in [0.25, 0.3) is 5.91 Å². The summed E-state index contributed by atoms with van der Waals surface area (Å²) >= 11 is 11.9. The summed E-state index contributed by atoms with van der Waals surface area (Å²) in [5, 5.41) is 6.50. The largest absolute Gasteiger partial charge is 0.441 e. The number of halogens is 2. The van der Waals surface area contributed by atoms with Gasteiger partial charge in [-0.2, -0.15) is 0 Å². The standard InChI is InChI=1S/C21H19Cl2N3O3/c22-15-7-5-14(6-8-15)18-13-26-20(29-18)10-9-19(27)24-11-12-25-21(28)16-3-1-2-4-17(16)23/h1-8,13H,9-12H2,(H,24,27)(H,25,28). The molecule has 0 unspecified atom stereocenters. The first-order valence-corrected chi connectivity index (χ1v) is 9.78. The van der Waals surface area contributed by atoms with Crippen LogP contribution in [-0.4, -0.2) is 29.9 Å². The molecule has 29 heavy (non-hydrogen) atoms. The van der Waals surface area contributed by atoms with Gasteiger partial charge in [-0.05, 0) is 36.4 Å². The Balaban J connectivity index is 1.38. The average molecular weight is 432 g/mol. The molecule has 0 fully saturated rings. The van der Waals surface area contributed by atoms with Gasteiger partial charge in [0.1, 0.15) is 0 Å². The van der Waals surface area contributed by atoms with Gasteiger partial charge in [-0.3, -0.25) is 9.59 Å². The zero-order valence-corrected chi connectivity index (χ0v) is 17.0. The third-order valence-electron chi connectivity index (χ3n) is 4.10. The first-order valence-electron chi connectivity index (χ1n) is 9.03. The van der Waals surface area contributed by atoms with E-state index < -0.39 is 0 Å². The van der Waals surface area contributed by atoms with E-state index in [-0.39, 0.29) is 18.2 Å². The Bertz CT molecular complexity index is 987. The molecule has 3 aromatic rings. The van der Waals surface area contributed by atoms with Crippen molar-refractivity contribution < 1.29 is 14.0 Å². The molecule has 0 bridgehead atoms. The molecule has 0 saturated heterocycles. The number of hydrogen-bond donors (Lipinski definition) is 2. The minimum Gasteiger partial charge on any atom is -0.441 e. The molecule has 0 atom stereocenters. The lowest BCUT2D eigenvalue weighted by molar-refractivity contribution is -0.121. The van der Waals surface area contributed by atoms with Crippen LogP contribution in [0.2, 0.25) is 10.0 Å². The highest BCUT2D eigenvalue weighted by Gasteiger charge is 2.10. The van der Waals surface area contributed by atoms with Crippen molar-refractivity contribution in [3.8, 4) is 11.3 Å². The van der Waals surface area contributed by atoms with Crippen LogP contribution in [0.3, 0.4) is 0 Å². The zero-order chi connectivity index (χ0) is 20.6. The third kappa shape index (κ3) is 6.07. The summed E-state index contributed by atoms with van der Waals surface area (Å²) in [6.45, 7) is 0.617. The minimum atomic E-state index is -0.278. The van der Waals surface area contributed by atoms with Gasteiger partial charge in [-0.1, -0.05) is 35.3 Å². The molecule has 0 saturated carbocycles. The predicted molar refractivity (Wildman–Crippen MR) is 112 cm³/mol. The van der Waals surface area contributed by atoms with Gasteiger partial charge in [0.2, 0.25) is 5.91 Å². The monoisotopic (exact) mass is 431 g/mol. The number of hydrogen-bond acceptors (Lipinski definition) is 4. The Kier molecular flexibility index (Phi) is 7.27. The molecule has 2 aromatic carbocycles. The zero-order valence-electron chi connectivity index (χ0n) is 15.5. The average Bonchev–Trinajstić information content (AvgIpc) is 3.19. The van der Waals surface area contributed by atoms with Crippen LogP contribution in [0.25, 0.3) is 11.3 Å². The van der Waals surface area contributed by atoms with E-state index >= 15 is 0 Å². The van der Waals surface area contributed by atoms with Crippen LogP contribution in [0.15, 0.2) is 59.1 Å². The van der Waals surface area contributed by atoms with Gasteiger partial charge in [0, 0.05) is 36.5 Å². The van der Waals surface area contributed by atoms with E-state index in [1.165, 1.54) is 0 Å². The third-order valence-corrected chi connectivity index (χ3v) is 4.68. The topological polar surface area (TPSA) is 84.2 Å². The fourth-order valence-corrected chi connectivity index (χ4v) is 2.95. The maximum Gasteiger partial charge on any atom is 0.252 e. The highest BCUT2D eigenvalue weighted by Crippen LogP contribution is 2.22. The number of aryl methyl sites for hydroxylation is 1. The number of aromatic nitrogens is 1. The Morgan fingerprint density at radius 3 is 2.45 bits per heavy atom. The quantitative estimate of drug-likeness (QED) is 0.525. The molecule has 8 heteroatoms. The Hall–Kier alpha value is -2.83. The smallest absolute Gasteiger partial charge is 0.252 e. The lowest BCUT2D eigenvalue weighted by Crippen LogP contribution is -2.34. The fourth-order valence-electron chi connectivity index (χ4n) is 2.60. The maximum atomic E-state index is 12.0. The van der Waals surface area contributed by atoms with Crippen LogP contribution in [0.4, 0.5) is 0 Å². The van der Waals surface area contributed by atoms with Gasteiger partial charge in [0.05, 0.1) is 16.8 Å². The molecular weight excluding hydrogens is 413 g/mol. The Morgan fingerprint density at radius 1 is 0.966 bits per heavy atom. The lowest BCUT2D eigenvalue weighted by atomic mass is 10.2. The number of nitrogens with one attached hydrogen (secondary N) is 2. The van der Waals surface area contributed by atoms with Crippen molar-refractivity contribution in [2.24, 2.45) is 0 Å². The lowest BCUT2D eigenvalue weighted by Gasteiger charge is -2.07. The number of benzene rings is 2.